The van der Waals surface area contributed by atoms with Gasteiger partial charge in [0.05, 0.1) is 0 Å². The first kappa shape index (κ1) is 16.7. The van der Waals surface area contributed by atoms with Gasteiger partial charge in [0.15, 0.2) is 0 Å². The smallest absolute Gasteiger partial charge is 0.269 e. The van der Waals surface area contributed by atoms with E-state index in [1.54, 1.807) is 18.5 Å². The molecule has 0 aliphatic rings. The van der Waals surface area contributed by atoms with Crippen molar-refractivity contribution < 1.29 is 4.79 Å². The number of anilines is 2. The Bertz CT molecular complexity index is 603. The Morgan fingerprint density at radius 3 is 2.61 bits per heavy atom. The molecule has 2 aromatic rings. The highest BCUT2D eigenvalue weighted by molar-refractivity contribution is 5.93. The topological polar surface area (TPSA) is 78.9 Å². The van der Waals surface area contributed by atoms with Crippen molar-refractivity contribution in [3.8, 4) is 0 Å². The van der Waals surface area contributed by atoms with Gasteiger partial charge in [-0.3, -0.25) is 9.78 Å². The van der Waals surface area contributed by atoms with Crippen molar-refractivity contribution in [3.05, 3.63) is 48.4 Å². The number of carbonyl (C=O) groups excluding carboxylic acids is 1. The van der Waals surface area contributed by atoms with Crippen LogP contribution in [0.25, 0.3) is 0 Å². The second kappa shape index (κ2) is 9.40. The second-order valence-corrected chi connectivity index (χ2v) is 5.06. The predicted molar refractivity (Wildman–Crippen MR) is 92.7 cm³/mol. The molecule has 0 bridgehead atoms. The van der Waals surface area contributed by atoms with Crippen LogP contribution < -0.4 is 16.0 Å². The van der Waals surface area contributed by atoms with Crippen LogP contribution in [-0.2, 0) is 0 Å². The van der Waals surface area contributed by atoms with Crippen LogP contribution in [0, 0.1) is 0 Å². The fourth-order valence-corrected chi connectivity index (χ4v) is 2.08. The fourth-order valence-electron chi connectivity index (χ4n) is 2.08. The molecule has 0 saturated heterocycles. The van der Waals surface area contributed by atoms with Gasteiger partial charge in [-0.25, -0.2) is 4.98 Å². The lowest BCUT2D eigenvalue weighted by Gasteiger charge is -2.08. The van der Waals surface area contributed by atoms with Crippen LogP contribution in [0.15, 0.2) is 42.7 Å². The predicted octanol–water partition coefficient (Wildman–Crippen LogP) is 2.53. The maximum atomic E-state index is 11.7. The van der Waals surface area contributed by atoms with Gasteiger partial charge < -0.3 is 16.0 Å². The second-order valence-electron chi connectivity index (χ2n) is 5.06. The highest BCUT2D eigenvalue weighted by Crippen LogP contribution is 2.08. The van der Waals surface area contributed by atoms with Crippen molar-refractivity contribution in [2.24, 2.45) is 0 Å². The molecule has 0 unspecified atom stereocenters. The summed E-state index contributed by atoms with van der Waals surface area (Å²) in [5, 5.41) is 9.34. The van der Waals surface area contributed by atoms with E-state index < -0.39 is 0 Å². The molecule has 23 heavy (non-hydrogen) atoms. The van der Waals surface area contributed by atoms with Crippen molar-refractivity contribution in [2.45, 2.75) is 19.8 Å². The van der Waals surface area contributed by atoms with Crippen LogP contribution in [0.1, 0.15) is 30.3 Å². The Balaban J connectivity index is 1.66. The monoisotopic (exact) mass is 313 g/mol. The molecule has 1 amide bonds. The van der Waals surface area contributed by atoms with Crippen molar-refractivity contribution in [3.63, 3.8) is 0 Å². The Morgan fingerprint density at radius 1 is 1.04 bits per heavy atom. The maximum absolute atomic E-state index is 11.7. The van der Waals surface area contributed by atoms with Crippen molar-refractivity contribution >= 4 is 17.4 Å². The Kier molecular flexibility index (Phi) is 6.84. The first-order chi connectivity index (χ1) is 11.3. The van der Waals surface area contributed by atoms with E-state index in [2.05, 4.69) is 25.9 Å². The van der Waals surface area contributed by atoms with E-state index in [1.807, 2.05) is 31.2 Å². The number of hydrogen-bond donors (Lipinski definition) is 3. The molecule has 122 valence electrons. The van der Waals surface area contributed by atoms with Gasteiger partial charge in [-0.2, -0.15) is 0 Å². The minimum absolute atomic E-state index is 0.143. The summed E-state index contributed by atoms with van der Waals surface area (Å²) >= 11 is 0. The maximum Gasteiger partial charge on any atom is 0.269 e. The van der Waals surface area contributed by atoms with Crippen LogP contribution in [-0.4, -0.2) is 35.5 Å². The van der Waals surface area contributed by atoms with Gasteiger partial charge in [0.1, 0.15) is 11.5 Å². The number of rotatable bonds is 9. The van der Waals surface area contributed by atoms with Crippen LogP contribution in [0.4, 0.5) is 11.5 Å². The normalized spacial score (nSPS) is 10.1. The minimum atomic E-state index is -0.143. The summed E-state index contributed by atoms with van der Waals surface area (Å²) in [5.74, 6) is 0.761. The van der Waals surface area contributed by atoms with Crippen molar-refractivity contribution in [2.75, 3.05) is 30.3 Å². The number of unbranched alkanes of at least 4 members (excludes halogenated alkanes) is 1. The minimum Gasteiger partial charge on any atom is -0.385 e. The van der Waals surface area contributed by atoms with Gasteiger partial charge in [-0.15, -0.1) is 0 Å². The zero-order valence-corrected chi connectivity index (χ0v) is 13.4. The van der Waals surface area contributed by atoms with Crippen LogP contribution in [0.3, 0.4) is 0 Å². The van der Waals surface area contributed by atoms with E-state index in [0.29, 0.717) is 12.2 Å². The van der Waals surface area contributed by atoms with E-state index in [-0.39, 0.29) is 5.91 Å². The standard InChI is InChI=1S/C17H23N5O/c1-2-18-17(23)15-13-14(8-12-20-15)19-9-5-6-11-22-16-7-3-4-10-21-16/h3-4,7-8,10,12-13H,2,5-6,9,11H2,1H3,(H,18,23)(H,19,20)(H,21,22). The van der Waals surface area contributed by atoms with Crippen LogP contribution >= 0.6 is 0 Å². The summed E-state index contributed by atoms with van der Waals surface area (Å²) in [7, 11) is 0. The lowest BCUT2D eigenvalue weighted by Crippen LogP contribution is -2.23. The van der Waals surface area contributed by atoms with E-state index >= 15 is 0 Å². The number of pyridine rings is 2. The van der Waals surface area contributed by atoms with Crippen LogP contribution in [0.5, 0.6) is 0 Å². The van der Waals surface area contributed by atoms with Gasteiger partial charge >= 0.3 is 0 Å². The molecule has 2 aromatic heterocycles. The lowest BCUT2D eigenvalue weighted by atomic mass is 10.2. The third kappa shape index (κ3) is 5.94. The molecule has 6 heteroatoms. The largest absolute Gasteiger partial charge is 0.385 e. The highest BCUT2D eigenvalue weighted by Gasteiger charge is 2.05. The van der Waals surface area contributed by atoms with Crippen LogP contribution in [0.2, 0.25) is 0 Å². The van der Waals surface area contributed by atoms with Gasteiger partial charge in [-0.05, 0) is 44.0 Å². The summed E-state index contributed by atoms with van der Waals surface area (Å²) < 4.78 is 0. The summed E-state index contributed by atoms with van der Waals surface area (Å²) in [6, 6.07) is 9.47. The third-order valence-corrected chi connectivity index (χ3v) is 3.23. The molecule has 2 heterocycles. The number of amides is 1. The molecule has 6 nitrogen and oxygen atoms in total. The van der Waals surface area contributed by atoms with Crippen molar-refractivity contribution in [1.82, 2.24) is 15.3 Å². The first-order valence-electron chi connectivity index (χ1n) is 7.92. The fraction of sp³-hybridized carbons (Fsp3) is 0.353. The van der Waals surface area contributed by atoms with Gasteiger partial charge in [-0.1, -0.05) is 6.07 Å². The van der Waals surface area contributed by atoms with E-state index in [9.17, 15) is 4.79 Å². The van der Waals surface area contributed by atoms with Gasteiger partial charge in [0.25, 0.3) is 5.91 Å². The molecule has 0 fully saturated rings. The van der Waals surface area contributed by atoms with Gasteiger partial charge in [0.2, 0.25) is 0 Å². The molecule has 2 rings (SSSR count). The first-order valence-corrected chi connectivity index (χ1v) is 7.92. The number of nitrogens with zero attached hydrogens (tertiary/aromatic N) is 2. The van der Waals surface area contributed by atoms with E-state index in [4.69, 9.17) is 0 Å². The average molecular weight is 313 g/mol. The molecule has 0 spiro atoms. The molecule has 0 atom stereocenters. The third-order valence-electron chi connectivity index (χ3n) is 3.23. The summed E-state index contributed by atoms with van der Waals surface area (Å²) in [4.78, 5) is 20.0. The Morgan fingerprint density at radius 2 is 1.87 bits per heavy atom. The number of aromatic nitrogens is 2. The molecule has 0 aromatic carbocycles. The SMILES string of the molecule is CCNC(=O)c1cc(NCCCCNc2ccccn2)ccn1. The summed E-state index contributed by atoms with van der Waals surface area (Å²) in [5.41, 5.74) is 1.35. The molecule has 3 N–H and O–H groups in total. The van der Waals surface area contributed by atoms with E-state index in [0.717, 1.165) is 37.4 Å². The number of hydrogen-bond acceptors (Lipinski definition) is 5. The average Bonchev–Trinajstić information content (AvgIpc) is 2.59. The Labute approximate surface area is 136 Å². The molecule has 0 saturated carbocycles. The number of nitrogens with one attached hydrogen (secondary N) is 3. The zero-order chi connectivity index (χ0) is 16.3. The molecule has 0 radical (unpaired) electrons. The summed E-state index contributed by atoms with van der Waals surface area (Å²) in [6.45, 7) is 4.22. The van der Waals surface area contributed by atoms with Gasteiger partial charge in [0, 0.05) is 37.7 Å². The van der Waals surface area contributed by atoms with E-state index in [1.165, 1.54) is 0 Å². The molecule has 0 aliphatic carbocycles. The quantitative estimate of drug-likeness (QED) is 0.620. The van der Waals surface area contributed by atoms with Crippen molar-refractivity contribution in [1.29, 1.82) is 0 Å². The zero-order valence-electron chi connectivity index (χ0n) is 13.4. The molecular weight excluding hydrogens is 290 g/mol. The highest BCUT2D eigenvalue weighted by atomic mass is 16.1. The molecule has 0 aliphatic heterocycles. The molecular formula is C17H23N5O. The lowest BCUT2D eigenvalue weighted by molar-refractivity contribution is 0.0951. The summed E-state index contributed by atoms with van der Waals surface area (Å²) in [6.07, 6.45) is 5.49. The number of carbonyl (C=O) groups is 1. The Hall–Kier alpha value is -2.63.